The zero-order chi connectivity index (χ0) is 19.2. The molecule has 0 N–H and O–H groups in total. The summed E-state index contributed by atoms with van der Waals surface area (Å²) in [6.45, 7) is 9.49. The summed E-state index contributed by atoms with van der Waals surface area (Å²) in [5.74, 6) is 0.0699. The summed E-state index contributed by atoms with van der Waals surface area (Å²) < 4.78 is 18.2. The number of imidazole rings is 1. The molecule has 26 heavy (non-hydrogen) atoms. The number of esters is 1. The van der Waals surface area contributed by atoms with Gasteiger partial charge >= 0.3 is 5.97 Å². The second-order valence-electron chi connectivity index (χ2n) is 7.28. The normalized spacial score (nSPS) is 12.7. The Morgan fingerprint density at radius 3 is 2.73 bits per heavy atom. The van der Waals surface area contributed by atoms with E-state index in [4.69, 9.17) is 14.2 Å². The van der Waals surface area contributed by atoms with E-state index in [9.17, 15) is 4.79 Å². The van der Waals surface area contributed by atoms with Crippen LogP contribution in [0.25, 0.3) is 0 Å². The number of ether oxygens (including phenoxy) is 3. The molecule has 2 aromatic rings. The average molecular weight is 378 g/mol. The molecule has 0 aliphatic heterocycles. The number of carbonyl (C=O) groups is 1. The van der Waals surface area contributed by atoms with Crippen molar-refractivity contribution < 1.29 is 19.0 Å². The highest BCUT2D eigenvalue weighted by molar-refractivity contribution is 6.76. The molecule has 0 radical (unpaired) electrons. The van der Waals surface area contributed by atoms with Gasteiger partial charge in [-0.05, 0) is 12.1 Å². The standard InChI is InChI=1S/C18H27N3O4Si/c1-14(22)25-18(15-6-7-19-17(10-15)23-2)16-11-21(12-20-16)13-24-8-9-26(3,4)5/h6-7,10-12,18H,8-9,13H2,1-5H3. The highest BCUT2D eigenvalue weighted by Crippen LogP contribution is 2.26. The lowest BCUT2D eigenvalue weighted by molar-refractivity contribution is -0.144. The quantitative estimate of drug-likeness (QED) is 0.379. The van der Waals surface area contributed by atoms with Gasteiger partial charge in [-0.15, -0.1) is 0 Å². The number of pyridine rings is 1. The van der Waals surface area contributed by atoms with Crippen LogP contribution in [0, 0.1) is 0 Å². The predicted octanol–water partition coefficient (Wildman–Crippen LogP) is 3.25. The molecule has 1 unspecified atom stereocenters. The van der Waals surface area contributed by atoms with Gasteiger partial charge in [0.25, 0.3) is 0 Å². The monoisotopic (exact) mass is 377 g/mol. The zero-order valence-electron chi connectivity index (χ0n) is 16.1. The van der Waals surface area contributed by atoms with Gasteiger partial charge in [-0.3, -0.25) is 4.79 Å². The van der Waals surface area contributed by atoms with E-state index >= 15 is 0 Å². The Kier molecular flexibility index (Phi) is 6.93. The van der Waals surface area contributed by atoms with Crippen LogP contribution in [-0.2, 0) is 21.0 Å². The average Bonchev–Trinajstić information content (AvgIpc) is 3.04. The molecule has 0 spiro atoms. The van der Waals surface area contributed by atoms with E-state index in [2.05, 4.69) is 29.6 Å². The van der Waals surface area contributed by atoms with Gasteiger partial charge < -0.3 is 18.8 Å². The van der Waals surface area contributed by atoms with Crippen LogP contribution in [0.3, 0.4) is 0 Å². The predicted molar refractivity (Wildman–Crippen MR) is 101 cm³/mol. The number of carbonyl (C=O) groups excluding carboxylic acids is 1. The number of rotatable bonds is 9. The molecule has 2 heterocycles. The number of nitrogens with zero attached hydrogens (tertiary/aromatic N) is 3. The third-order valence-electron chi connectivity index (χ3n) is 3.71. The topological polar surface area (TPSA) is 75.5 Å². The summed E-state index contributed by atoms with van der Waals surface area (Å²) in [4.78, 5) is 20.0. The number of aromatic nitrogens is 3. The number of methoxy groups -OCH3 is 1. The van der Waals surface area contributed by atoms with Crippen molar-refractivity contribution in [3.63, 3.8) is 0 Å². The molecule has 0 aromatic carbocycles. The maximum absolute atomic E-state index is 11.5. The first-order valence-corrected chi connectivity index (χ1v) is 12.3. The largest absolute Gasteiger partial charge is 0.481 e. The minimum Gasteiger partial charge on any atom is -0.481 e. The molecule has 0 amide bonds. The first-order chi connectivity index (χ1) is 12.3. The summed E-state index contributed by atoms with van der Waals surface area (Å²) in [5.41, 5.74) is 1.37. The van der Waals surface area contributed by atoms with Gasteiger partial charge in [0.1, 0.15) is 12.4 Å². The fourth-order valence-corrected chi connectivity index (χ4v) is 3.05. The summed E-state index contributed by atoms with van der Waals surface area (Å²) in [6.07, 6.45) is 4.50. The fourth-order valence-electron chi connectivity index (χ4n) is 2.30. The zero-order valence-corrected chi connectivity index (χ0v) is 17.1. The van der Waals surface area contributed by atoms with Gasteiger partial charge in [0.05, 0.1) is 13.4 Å². The lowest BCUT2D eigenvalue weighted by Crippen LogP contribution is -2.21. The van der Waals surface area contributed by atoms with Crippen LogP contribution in [0.1, 0.15) is 24.3 Å². The summed E-state index contributed by atoms with van der Waals surface area (Å²) in [7, 11) is 0.436. The number of hydrogen-bond acceptors (Lipinski definition) is 6. The van der Waals surface area contributed by atoms with Crippen molar-refractivity contribution in [2.75, 3.05) is 13.7 Å². The lowest BCUT2D eigenvalue weighted by atomic mass is 10.1. The van der Waals surface area contributed by atoms with E-state index in [0.717, 1.165) is 18.2 Å². The van der Waals surface area contributed by atoms with Crippen LogP contribution in [0.5, 0.6) is 5.88 Å². The molecule has 0 bridgehead atoms. The molecule has 8 heteroatoms. The summed E-state index contributed by atoms with van der Waals surface area (Å²) >= 11 is 0. The van der Waals surface area contributed by atoms with Crippen molar-refractivity contribution in [1.29, 1.82) is 0 Å². The molecule has 0 aliphatic rings. The van der Waals surface area contributed by atoms with Gasteiger partial charge in [0.2, 0.25) is 5.88 Å². The minimum absolute atomic E-state index is 0.383. The maximum Gasteiger partial charge on any atom is 0.303 e. The molecule has 2 aromatic heterocycles. The fraction of sp³-hybridized carbons (Fsp3) is 0.500. The van der Waals surface area contributed by atoms with Gasteiger partial charge in [0.15, 0.2) is 6.10 Å². The van der Waals surface area contributed by atoms with Crippen molar-refractivity contribution >= 4 is 14.0 Å². The SMILES string of the molecule is COc1cc(C(OC(C)=O)c2cn(COCC[Si](C)(C)C)cn2)ccn1. The van der Waals surface area contributed by atoms with Crippen LogP contribution in [0.2, 0.25) is 25.7 Å². The molecular weight excluding hydrogens is 350 g/mol. The highest BCUT2D eigenvalue weighted by Gasteiger charge is 2.21. The Balaban J connectivity index is 2.09. The molecule has 0 aliphatic carbocycles. The van der Waals surface area contributed by atoms with Crippen LogP contribution in [0.15, 0.2) is 30.9 Å². The highest BCUT2D eigenvalue weighted by atomic mass is 28.3. The van der Waals surface area contributed by atoms with Crippen molar-refractivity contribution in [3.8, 4) is 5.88 Å². The van der Waals surface area contributed by atoms with Gasteiger partial charge in [-0.1, -0.05) is 19.6 Å². The van der Waals surface area contributed by atoms with Gasteiger partial charge in [-0.25, -0.2) is 9.97 Å². The second-order valence-corrected chi connectivity index (χ2v) is 12.9. The Morgan fingerprint density at radius 1 is 1.31 bits per heavy atom. The summed E-state index contributed by atoms with van der Waals surface area (Å²) in [5, 5.41) is 0. The molecule has 0 saturated carbocycles. The van der Waals surface area contributed by atoms with E-state index in [-0.39, 0.29) is 5.97 Å². The molecule has 142 valence electrons. The molecular formula is C18H27N3O4Si. The third kappa shape index (κ3) is 6.27. The first kappa shape index (κ1) is 20.1. The summed E-state index contributed by atoms with van der Waals surface area (Å²) in [6, 6.07) is 4.62. The van der Waals surface area contributed by atoms with E-state index in [1.165, 1.54) is 6.92 Å². The number of hydrogen-bond donors (Lipinski definition) is 0. The van der Waals surface area contributed by atoms with Crippen molar-refractivity contribution in [1.82, 2.24) is 14.5 Å². The third-order valence-corrected chi connectivity index (χ3v) is 5.42. The second kappa shape index (κ2) is 8.95. The Labute approximate surface area is 155 Å². The van der Waals surface area contributed by atoms with E-state index in [1.54, 1.807) is 31.8 Å². The molecule has 2 rings (SSSR count). The van der Waals surface area contributed by atoms with E-state index < -0.39 is 14.2 Å². The Bertz CT molecular complexity index is 727. The van der Waals surface area contributed by atoms with Crippen LogP contribution >= 0.6 is 0 Å². The molecule has 1 atom stereocenters. The van der Waals surface area contributed by atoms with Gasteiger partial charge in [0, 0.05) is 45.6 Å². The smallest absolute Gasteiger partial charge is 0.303 e. The van der Waals surface area contributed by atoms with Crippen molar-refractivity contribution in [2.45, 2.75) is 45.4 Å². The minimum atomic E-state index is -1.10. The van der Waals surface area contributed by atoms with Gasteiger partial charge in [-0.2, -0.15) is 0 Å². The van der Waals surface area contributed by atoms with E-state index in [0.29, 0.717) is 18.3 Å². The first-order valence-electron chi connectivity index (χ1n) is 8.55. The maximum atomic E-state index is 11.5. The van der Waals surface area contributed by atoms with Crippen LogP contribution < -0.4 is 4.74 Å². The van der Waals surface area contributed by atoms with Crippen LogP contribution in [0.4, 0.5) is 0 Å². The molecule has 0 saturated heterocycles. The van der Waals surface area contributed by atoms with Crippen LogP contribution in [-0.4, -0.2) is 42.3 Å². The molecule has 0 fully saturated rings. The van der Waals surface area contributed by atoms with Crippen molar-refractivity contribution in [3.05, 3.63) is 42.1 Å². The Hall–Kier alpha value is -2.19. The Morgan fingerprint density at radius 2 is 2.08 bits per heavy atom. The van der Waals surface area contributed by atoms with E-state index in [1.807, 2.05) is 10.8 Å². The lowest BCUT2D eigenvalue weighted by Gasteiger charge is -2.16. The molecule has 7 nitrogen and oxygen atoms in total. The van der Waals surface area contributed by atoms with Crippen molar-refractivity contribution in [2.24, 2.45) is 0 Å².